The number of hydrogen-bond acceptors (Lipinski definition) is 3. The molecule has 0 aliphatic rings. The van der Waals surface area contributed by atoms with Crippen LogP contribution in [0.15, 0.2) is 60.7 Å². The Labute approximate surface area is 148 Å². The number of carbonyl (C=O) groups excluding carboxylic acids is 1. The molecule has 0 radical (unpaired) electrons. The van der Waals surface area contributed by atoms with Gasteiger partial charge in [0, 0.05) is 23.7 Å². The number of halogens is 1. The first-order valence-electron chi connectivity index (χ1n) is 8.10. The number of rotatable bonds is 3. The number of aromatic amines is 1. The van der Waals surface area contributed by atoms with Crippen molar-refractivity contribution >= 4 is 16.9 Å². The molecule has 2 heterocycles. The highest BCUT2D eigenvalue weighted by Crippen LogP contribution is 2.28. The molecule has 6 heteroatoms. The number of hydrogen-bond donors (Lipinski definition) is 2. The van der Waals surface area contributed by atoms with Gasteiger partial charge in [-0.1, -0.05) is 24.3 Å². The van der Waals surface area contributed by atoms with Crippen molar-refractivity contribution < 1.29 is 9.18 Å². The second-order valence-electron chi connectivity index (χ2n) is 5.80. The molecule has 0 unspecified atom stereocenters. The van der Waals surface area contributed by atoms with Crippen LogP contribution in [0.3, 0.4) is 0 Å². The van der Waals surface area contributed by atoms with Crippen molar-refractivity contribution in [3.05, 3.63) is 72.0 Å². The van der Waals surface area contributed by atoms with E-state index in [0.717, 1.165) is 11.1 Å². The average Bonchev–Trinajstić information content (AvgIpc) is 3.11. The fourth-order valence-corrected chi connectivity index (χ4v) is 2.84. The van der Waals surface area contributed by atoms with Crippen LogP contribution in [0.4, 0.5) is 4.39 Å². The van der Waals surface area contributed by atoms with Crippen LogP contribution < -0.4 is 5.32 Å². The fraction of sp³-hybridized carbons (Fsp3) is 0.0500. The summed E-state index contributed by atoms with van der Waals surface area (Å²) in [6.07, 6.45) is 0. The van der Waals surface area contributed by atoms with Crippen molar-refractivity contribution in [2.45, 2.75) is 0 Å². The fourth-order valence-electron chi connectivity index (χ4n) is 2.84. The van der Waals surface area contributed by atoms with E-state index in [2.05, 4.69) is 20.5 Å². The zero-order valence-corrected chi connectivity index (χ0v) is 14.0. The first-order valence-corrected chi connectivity index (χ1v) is 8.10. The predicted octanol–water partition coefficient (Wildman–Crippen LogP) is 3.79. The van der Waals surface area contributed by atoms with Crippen LogP contribution in [0.5, 0.6) is 0 Å². The summed E-state index contributed by atoms with van der Waals surface area (Å²) in [6, 6.07) is 17.2. The molecule has 0 saturated carbocycles. The number of pyridine rings is 1. The second kappa shape index (κ2) is 6.40. The third-order valence-corrected chi connectivity index (χ3v) is 4.21. The van der Waals surface area contributed by atoms with E-state index in [4.69, 9.17) is 0 Å². The van der Waals surface area contributed by atoms with E-state index >= 15 is 0 Å². The third kappa shape index (κ3) is 2.71. The summed E-state index contributed by atoms with van der Waals surface area (Å²) in [7, 11) is 1.59. The van der Waals surface area contributed by atoms with E-state index < -0.39 is 0 Å². The van der Waals surface area contributed by atoms with Crippen LogP contribution in [0.2, 0.25) is 0 Å². The summed E-state index contributed by atoms with van der Waals surface area (Å²) in [5.41, 5.74) is 4.44. The lowest BCUT2D eigenvalue weighted by molar-refractivity contribution is 0.0963. The third-order valence-electron chi connectivity index (χ3n) is 4.21. The molecule has 4 aromatic rings. The van der Waals surface area contributed by atoms with Crippen molar-refractivity contribution in [1.29, 1.82) is 0 Å². The quantitative estimate of drug-likeness (QED) is 0.593. The summed E-state index contributed by atoms with van der Waals surface area (Å²) in [4.78, 5) is 16.3. The highest BCUT2D eigenvalue weighted by molar-refractivity contribution is 5.95. The normalized spacial score (nSPS) is 10.8. The first kappa shape index (κ1) is 16.0. The van der Waals surface area contributed by atoms with Crippen LogP contribution in [0.25, 0.3) is 33.5 Å². The minimum atomic E-state index is -0.320. The molecule has 2 N–H and O–H groups in total. The monoisotopic (exact) mass is 346 g/mol. The smallest absolute Gasteiger partial charge is 0.251 e. The lowest BCUT2D eigenvalue weighted by Gasteiger charge is -2.04. The number of aromatic nitrogens is 3. The molecule has 128 valence electrons. The molecule has 0 aliphatic heterocycles. The van der Waals surface area contributed by atoms with Gasteiger partial charge in [-0.3, -0.25) is 9.89 Å². The maximum absolute atomic E-state index is 14.1. The van der Waals surface area contributed by atoms with Crippen LogP contribution in [-0.2, 0) is 0 Å². The Morgan fingerprint density at radius 2 is 1.81 bits per heavy atom. The molecule has 0 spiro atoms. The molecule has 2 aromatic heterocycles. The van der Waals surface area contributed by atoms with Crippen molar-refractivity contribution in [1.82, 2.24) is 20.5 Å². The van der Waals surface area contributed by atoms with Gasteiger partial charge in [0.15, 0.2) is 0 Å². The van der Waals surface area contributed by atoms with E-state index in [9.17, 15) is 9.18 Å². The number of H-pyrrole nitrogens is 1. The number of amides is 1. The Bertz CT molecular complexity index is 1100. The maximum Gasteiger partial charge on any atom is 0.251 e. The van der Waals surface area contributed by atoms with E-state index in [1.807, 2.05) is 18.2 Å². The lowest BCUT2D eigenvalue weighted by Crippen LogP contribution is -2.17. The molecule has 0 bridgehead atoms. The second-order valence-corrected chi connectivity index (χ2v) is 5.80. The summed E-state index contributed by atoms with van der Waals surface area (Å²) >= 11 is 0. The molecule has 0 aliphatic carbocycles. The summed E-state index contributed by atoms with van der Waals surface area (Å²) in [6.45, 7) is 0. The van der Waals surface area contributed by atoms with Crippen LogP contribution >= 0.6 is 0 Å². The van der Waals surface area contributed by atoms with Crippen LogP contribution in [0.1, 0.15) is 10.4 Å². The zero-order chi connectivity index (χ0) is 18.1. The first-order chi connectivity index (χ1) is 12.7. The largest absolute Gasteiger partial charge is 0.355 e. The number of fused-ring (bicyclic) bond motifs is 1. The van der Waals surface area contributed by atoms with Crippen molar-refractivity contribution in [3.63, 3.8) is 0 Å². The van der Waals surface area contributed by atoms with Gasteiger partial charge in [-0.15, -0.1) is 0 Å². The topological polar surface area (TPSA) is 70.7 Å². The number of nitrogens with one attached hydrogen (secondary N) is 2. The Kier molecular flexibility index (Phi) is 3.93. The minimum absolute atomic E-state index is 0.150. The molecule has 0 saturated heterocycles. The summed E-state index contributed by atoms with van der Waals surface area (Å²) in [5, 5.41) is 9.87. The van der Waals surface area contributed by atoms with Gasteiger partial charge < -0.3 is 5.32 Å². The number of carbonyl (C=O) groups is 1. The van der Waals surface area contributed by atoms with Gasteiger partial charge in [0.25, 0.3) is 5.91 Å². The van der Waals surface area contributed by atoms with Gasteiger partial charge in [-0.2, -0.15) is 5.10 Å². The van der Waals surface area contributed by atoms with Gasteiger partial charge in [-0.05, 0) is 36.4 Å². The Morgan fingerprint density at radius 1 is 1.04 bits per heavy atom. The average molecular weight is 346 g/mol. The van der Waals surface area contributed by atoms with Crippen molar-refractivity contribution in [3.8, 4) is 22.5 Å². The number of nitrogens with zero attached hydrogens (tertiary/aromatic N) is 2. The maximum atomic E-state index is 14.1. The highest BCUT2D eigenvalue weighted by Gasteiger charge is 2.13. The molecule has 0 atom stereocenters. The van der Waals surface area contributed by atoms with Crippen molar-refractivity contribution in [2.24, 2.45) is 0 Å². The van der Waals surface area contributed by atoms with E-state index in [-0.39, 0.29) is 11.7 Å². The van der Waals surface area contributed by atoms with E-state index in [1.54, 1.807) is 43.4 Å². The molecular weight excluding hydrogens is 331 g/mol. The predicted molar refractivity (Wildman–Crippen MR) is 98.1 cm³/mol. The summed E-state index contributed by atoms with van der Waals surface area (Å²) < 4.78 is 14.1. The van der Waals surface area contributed by atoms with Gasteiger partial charge in [0.2, 0.25) is 0 Å². The molecular formula is C20H15FN4O. The van der Waals surface area contributed by atoms with Gasteiger partial charge >= 0.3 is 0 Å². The molecule has 4 rings (SSSR count). The van der Waals surface area contributed by atoms with Gasteiger partial charge in [0.1, 0.15) is 17.0 Å². The minimum Gasteiger partial charge on any atom is -0.355 e. The number of benzene rings is 2. The molecule has 2 aromatic carbocycles. The van der Waals surface area contributed by atoms with Crippen molar-refractivity contribution in [2.75, 3.05) is 7.05 Å². The van der Waals surface area contributed by atoms with Crippen LogP contribution in [0, 0.1) is 5.82 Å². The van der Waals surface area contributed by atoms with E-state index in [1.165, 1.54) is 6.07 Å². The molecule has 0 fully saturated rings. The standard InChI is InChI=1S/C20H15FN4O/c1-22-20(26)13-8-6-12(7-9-13)18-19-17(24-25-18)11-10-16(23-19)14-4-2-3-5-15(14)21/h2-11H,1H3,(H,22,26)(H,24,25). The molecule has 26 heavy (non-hydrogen) atoms. The van der Waals surface area contributed by atoms with Crippen LogP contribution in [-0.4, -0.2) is 28.1 Å². The lowest BCUT2D eigenvalue weighted by atomic mass is 10.1. The van der Waals surface area contributed by atoms with E-state index in [0.29, 0.717) is 28.0 Å². The SMILES string of the molecule is CNC(=O)c1ccc(-c2n[nH]c3ccc(-c4ccccc4F)nc23)cc1. The Hall–Kier alpha value is -3.54. The molecule has 5 nitrogen and oxygen atoms in total. The Morgan fingerprint density at radius 3 is 2.54 bits per heavy atom. The van der Waals surface area contributed by atoms with Gasteiger partial charge in [0.05, 0.1) is 11.2 Å². The zero-order valence-electron chi connectivity index (χ0n) is 14.0. The highest BCUT2D eigenvalue weighted by atomic mass is 19.1. The molecule has 1 amide bonds. The Balaban J connectivity index is 1.80. The summed E-state index contributed by atoms with van der Waals surface area (Å²) in [5.74, 6) is -0.470. The van der Waals surface area contributed by atoms with Gasteiger partial charge in [-0.25, -0.2) is 9.37 Å².